The molecule has 0 radical (unpaired) electrons. The van der Waals surface area contributed by atoms with Crippen molar-refractivity contribution in [3.8, 4) is 17.2 Å². The van der Waals surface area contributed by atoms with Crippen LogP contribution in [0.25, 0.3) is 0 Å². The summed E-state index contributed by atoms with van der Waals surface area (Å²) in [5, 5.41) is 0. The van der Waals surface area contributed by atoms with Gasteiger partial charge in [-0.05, 0) is 51.1 Å². The smallest absolute Gasteiger partial charge is 0.253 e. The third kappa shape index (κ3) is 5.41. The molecule has 0 saturated carbocycles. The van der Waals surface area contributed by atoms with Crippen molar-refractivity contribution in [2.75, 3.05) is 26.9 Å². The van der Waals surface area contributed by atoms with Gasteiger partial charge in [-0.2, -0.15) is 0 Å². The van der Waals surface area contributed by atoms with E-state index in [9.17, 15) is 4.79 Å². The molecule has 0 saturated heterocycles. The van der Waals surface area contributed by atoms with E-state index in [2.05, 4.69) is 0 Å². The van der Waals surface area contributed by atoms with E-state index in [0.29, 0.717) is 36.9 Å². The van der Waals surface area contributed by atoms with Crippen LogP contribution in [0.3, 0.4) is 0 Å². The van der Waals surface area contributed by atoms with Gasteiger partial charge in [-0.1, -0.05) is 18.2 Å². The molecule has 2 aromatic rings. The number of para-hydroxylation sites is 1. The summed E-state index contributed by atoms with van der Waals surface area (Å²) < 4.78 is 17.0. The first-order chi connectivity index (χ1) is 12.5. The highest BCUT2D eigenvalue weighted by Gasteiger charge is 2.17. The van der Waals surface area contributed by atoms with Crippen molar-refractivity contribution < 1.29 is 19.0 Å². The van der Waals surface area contributed by atoms with Gasteiger partial charge in [0, 0.05) is 18.7 Å². The van der Waals surface area contributed by atoms with Crippen molar-refractivity contribution >= 4 is 5.91 Å². The van der Waals surface area contributed by atoms with Gasteiger partial charge in [0.1, 0.15) is 19.0 Å². The van der Waals surface area contributed by atoms with Gasteiger partial charge in [-0.25, -0.2) is 0 Å². The van der Waals surface area contributed by atoms with Crippen LogP contribution in [-0.4, -0.2) is 43.7 Å². The SMILES string of the molecule is CCOc1cc(C(=O)N(C)C(C)C)ccc1OCCOc1ccccc1. The third-order valence-electron chi connectivity index (χ3n) is 3.94. The highest BCUT2D eigenvalue weighted by molar-refractivity contribution is 5.94. The van der Waals surface area contributed by atoms with Crippen molar-refractivity contribution in [2.24, 2.45) is 0 Å². The van der Waals surface area contributed by atoms with Crippen molar-refractivity contribution in [3.05, 3.63) is 54.1 Å². The first-order valence-electron chi connectivity index (χ1n) is 8.87. The lowest BCUT2D eigenvalue weighted by molar-refractivity contribution is 0.0754. The summed E-state index contributed by atoms with van der Waals surface area (Å²) in [6, 6.07) is 15.0. The zero-order chi connectivity index (χ0) is 18.9. The molecule has 0 aliphatic rings. The van der Waals surface area contributed by atoms with Crippen molar-refractivity contribution in [3.63, 3.8) is 0 Å². The molecule has 0 bridgehead atoms. The molecular weight excluding hydrogens is 330 g/mol. The molecule has 0 aliphatic carbocycles. The van der Waals surface area contributed by atoms with Crippen LogP contribution in [0.1, 0.15) is 31.1 Å². The van der Waals surface area contributed by atoms with Crippen LogP contribution in [0.15, 0.2) is 48.5 Å². The number of rotatable bonds is 9. The van der Waals surface area contributed by atoms with Crippen LogP contribution in [-0.2, 0) is 0 Å². The predicted molar refractivity (Wildman–Crippen MR) is 102 cm³/mol. The van der Waals surface area contributed by atoms with Gasteiger partial charge in [0.25, 0.3) is 5.91 Å². The van der Waals surface area contributed by atoms with Gasteiger partial charge in [-0.15, -0.1) is 0 Å². The average molecular weight is 357 g/mol. The average Bonchev–Trinajstić information content (AvgIpc) is 2.66. The first kappa shape index (κ1) is 19.6. The van der Waals surface area contributed by atoms with E-state index in [4.69, 9.17) is 14.2 Å². The quantitative estimate of drug-likeness (QED) is 0.636. The van der Waals surface area contributed by atoms with E-state index in [1.807, 2.05) is 51.1 Å². The Morgan fingerprint density at radius 3 is 2.31 bits per heavy atom. The lowest BCUT2D eigenvalue weighted by Crippen LogP contribution is -2.32. The Hall–Kier alpha value is -2.69. The topological polar surface area (TPSA) is 48.0 Å². The number of carbonyl (C=O) groups is 1. The molecule has 0 aromatic heterocycles. The minimum absolute atomic E-state index is 0.0417. The molecule has 0 unspecified atom stereocenters. The second-order valence-electron chi connectivity index (χ2n) is 6.11. The van der Waals surface area contributed by atoms with E-state index in [1.165, 1.54) is 0 Å². The molecule has 5 heteroatoms. The summed E-state index contributed by atoms with van der Waals surface area (Å²) in [5.74, 6) is 1.93. The maximum absolute atomic E-state index is 12.5. The van der Waals surface area contributed by atoms with E-state index in [1.54, 1.807) is 30.1 Å². The molecule has 5 nitrogen and oxygen atoms in total. The summed E-state index contributed by atoms with van der Waals surface area (Å²) in [7, 11) is 1.79. The molecule has 0 heterocycles. The van der Waals surface area contributed by atoms with E-state index in [0.717, 1.165) is 5.75 Å². The molecule has 1 amide bonds. The van der Waals surface area contributed by atoms with Crippen LogP contribution in [0.4, 0.5) is 0 Å². The molecule has 0 fully saturated rings. The number of carbonyl (C=O) groups excluding carboxylic acids is 1. The molecule has 0 aliphatic heterocycles. The maximum Gasteiger partial charge on any atom is 0.253 e. The minimum atomic E-state index is -0.0417. The van der Waals surface area contributed by atoms with E-state index < -0.39 is 0 Å². The van der Waals surface area contributed by atoms with Gasteiger partial charge in [-0.3, -0.25) is 4.79 Å². The highest BCUT2D eigenvalue weighted by Crippen LogP contribution is 2.29. The lowest BCUT2D eigenvalue weighted by Gasteiger charge is -2.22. The highest BCUT2D eigenvalue weighted by atomic mass is 16.5. The summed E-state index contributed by atoms with van der Waals surface area (Å²) in [4.78, 5) is 14.2. The molecule has 0 atom stereocenters. The van der Waals surface area contributed by atoms with Crippen LogP contribution in [0, 0.1) is 0 Å². The van der Waals surface area contributed by atoms with Crippen molar-refractivity contribution in [2.45, 2.75) is 26.8 Å². The van der Waals surface area contributed by atoms with Gasteiger partial charge >= 0.3 is 0 Å². The largest absolute Gasteiger partial charge is 0.490 e. The fraction of sp³-hybridized carbons (Fsp3) is 0.381. The molecule has 0 spiro atoms. The normalized spacial score (nSPS) is 10.5. The Kier molecular flexibility index (Phi) is 7.33. The summed E-state index contributed by atoms with van der Waals surface area (Å²) in [6.07, 6.45) is 0. The second kappa shape index (κ2) is 9.70. The van der Waals surface area contributed by atoms with Crippen LogP contribution in [0.5, 0.6) is 17.2 Å². The minimum Gasteiger partial charge on any atom is -0.490 e. The van der Waals surface area contributed by atoms with Gasteiger partial charge in [0.15, 0.2) is 11.5 Å². The number of nitrogens with zero attached hydrogens (tertiary/aromatic N) is 1. The molecule has 2 aromatic carbocycles. The fourth-order valence-corrected chi connectivity index (χ4v) is 2.29. The lowest BCUT2D eigenvalue weighted by atomic mass is 10.1. The maximum atomic E-state index is 12.5. The van der Waals surface area contributed by atoms with Crippen LogP contribution < -0.4 is 14.2 Å². The van der Waals surface area contributed by atoms with Crippen molar-refractivity contribution in [1.29, 1.82) is 0 Å². The number of amides is 1. The third-order valence-corrected chi connectivity index (χ3v) is 3.94. The number of hydrogen-bond donors (Lipinski definition) is 0. The second-order valence-corrected chi connectivity index (χ2v) is 6.11. The monoisotopic (exact) mass is 357 g/mol. The number of hydrogen-bond acceptors (Lipinski definition) is 4. The van der Waals surface area contributed by atoms with Gasteiger partial charge in [0.05, 0.1) is 6.61 Å². The van der Waals surface area contributed by atoms with E-state index >= 15 is 0 Å². The predicted octanol–water partition coefficient (Wildman–Crippen LogP) is 4.02. The standard InChI is InChI=1S/C21H27NO4/c1-5-24-20-15-17(21(23)22(4)16(2)3)11-12-19(20)26-14-13-25-18-9-7-6-8-10-18/h6-12,15-16H,5,13-14H2,1-4H3. The number of benzene rings is 2. The summed E-state index contributed by atoms with van der Waals surface area (Å²) >= 11 is 0. The zero-order valence-electron chi connectivity index (χ0n) is 15.9. The van der Waals surface area contributed by atoms with E-state index in [-0.39, 0.29) is 11.9 Å². The summed E-state index contributed by atoms with van der Waals surface area (Å²) in [5.41, 5.74) is 0.581. The fourth-order valence-electron chi connectivity index (χ4n) is 2.29. The molecule has 0 N–H and O–H groups in total. The molecule has 2 rings (SSSR count). The summed E-state index contributed by atoms with van der Waals surface area (Å²) in [6.45, 7) is 7.16. The number of ether oxygens (including phenoxy) is 3. The van der Waals surface area contributed by atoms with Crippen molar-refractivity contribution in [1.82, 2.24) is 4.90 Å². The Bertz CT molecular complexity index is 700. The Morgan fingerprint density at radius 1 is 0.962 bits per heavy atom. The van der Waals surface area contributed by atoms with Crippen LogP contribution >= 0.6 is 0 Å². The van der Waals surface area contributed by atoms with Gasteiger partial charge < -0.3 is 19.1 Å². The molecule has 140 valence electrons. The molecular formula is C21H27NO4. The first-order valence-corrected chi connectivity index (χ1v) is 8.87. The Labute approximate surface area is 155 Å². The Morgan fingerprint density at radius 2 is 1.65 bits per heavy atom. The van der Waals surface area contributed by atoms with Crippen LogP contribution in [0.2, 0.25) is 0 Å². The molecule has 26 heavy (non-hydrogen) atoms. The zero-order valence-corrected chi connectivity index (χ0v) is 15.9. The van der Waals surface area contributed by atoms with Gasteiger partial charge in [0.2, 0.25) is 0 Å². The Balaban J connectivity index is 2.00.